The van der Waals surface area contributed by atoms with Gasteiger partial charge >= 0.3 is 0 Å². The van der Waals surface area contributed by atoms with E-state index in [-0.39, 0.29) is 5.75 Å². The number of aryl methyl sites for hydroxylation is 3. The van der Waals surface area contributed by atoms with Crippen molar-refractivity contribution >= 4 is 0 Å². The van der Waals surface area contributed by atoms with E-state index in [1.807, 2.05) is 25.5 Å². The number of nitrogens with two attached hydrogens (primary N) is 1. The first-order chi connectivity index (χ1) is 9.02. The molecule has 2 aromatic heterocycles. The molecule has 0 atom stereocenters. The first kappa shape index (κ1) is 13.4. The summed E-state index contributed by atoms with van der Waals surface area (Å²) in [6, 6.07) is 1.60. The van der Waals surface area contributed by atoms with Crippen molar-refractivity contribution in [1.82, 2.24) is 5.16 Å². The summed E-state index contributed by atoms with van der Waals surface area (Å²) < 4.78 is 12.5. The predicted octanol–water partition coefficient (Wildman–Crippen LogP) is 0.859. The Morgan fingerprint density at radius 2 is 2.21 bits per heavy atom. The lowest BCUT2D eigenvalue weighted by atomic mass is 10.2. The Morgan fingerprint density at radius 1 is 1.47 bits per heavy atom. The van der Waals surface area contributed by atoms with Gasteiger partial charge in [0.25, 0.3) is 0 Å². The Labute approximate surface area is 111 Å². The summed E-state index contributed by atoms with van der Waals surface area (Å²) in [6.07, 6.45) is 1.70. The molecule has 0 fully saturated rings. The average molecular weight is 264 g/mol. The van der Waals surface area contributed by atoms with Gasteiger partial charge in [0, 0.05) is 0 Å². The predicted molar refractivity (Wildman–Crippen MR) is 67.5 cm³/mol. The molecule has 2 aromatic rings. The zero-order chi connectivity index (χ0) is 14.0. The van der Waals surface area contributed by atoms with Crippen LogP contribution in [0.5, 0.6) is 11.5 Å². The Balaban J connectivity index is 2.18. The van der Waals surface area contributed by atoms with Crippen LogP contribution in [0.1, 0.15) is 22.7 Å². The number of hydrogen-bond donors (Lipinski definition) is 2. The molecule has 0 saturated carbocycles. The molecule has 0 unspecified atom stereocenters. The quantitative estimate of drug-likeness (QED) is 0.800. The van der Waals surface area contributed by atoms with Crippen molar-refractivity contribution < 1.29 is 18.9 Å². The fourth-order valence-corrected chi connectivity index (χ4v) is 1.83. The molecule has 2 heterocycles. The average Bonchev–Trinajstić information content (AvgIpc) is 2.70. The molecular weight excluding hydrogens is 246 g/mol. The molecule has 19 heavy (non-hydrogen) atoms. The van der Waals surface area contributed by atoms with Crippen LogP contribution in [0.15, 0.2) is 16.8 Å². The second-order valence-corrected chi connectivity index (χ2v) is 4.42. The van der Waals surface area contributed by atoms with Crippen LogP contribution >= 0.6 is 0 Å². The minimum Gasteiger partial charge on any atom is -0.504 e. The zero-order valence-corrected chi connectivity index (χ0v) is 11.3. The van der Waals surface area contributed by atoms with Crippen molar-refractivity contribution in [1.29, 1.82) is 0 Å². The highest BCUT2D eigenvalue weighted by molar-refractivity contribution is 5.35. The fourth-order valence-electron chi connectivity index (χ4n) is 1.83. The van der Waals surface area contributed by atoms with Crippen LogP contribution < -0.4 is 15.0 Å². The second kappa shape index (κ2) is 5.27. The minimum atomic E-state index is 0.0744. The fraction of sp³-hybridized carbons (Fsp3) is 0.385. The summed E-state index contributed by atoms with van der Waals surface area (Å²) in [5, 5.41) is 13.7. The standard InChI is InChI=1S/C13H17N3O3/c1-8-11(9(2)19-15-8)7-18-13-6-16(3)10(5-14)4-12(13)17/h4,6H,5,7,14H2,1-3H3/p+1. The number of aromatic hydroxyl groups is 1. The number of pyridine rings is 1. The molecule has 0 bridgehead atoms. The van der Waals surface area contributed by atoms with E-state index in [9.17, 15) is 5.11 Å². The van der Waals surface area contributed by atoms with E-state index in [2.05, 4.69) is 5.16 Å². The zero-order valence-electron chi connectivity index (χ0n) is 11.3. The number of ether oxygens (including phenoxy) is 1. The largest absolute Gasteiger partial charge is 0.504 e. The molecule has 0 aliphatic rings. The molecule has 6 nitrogen and oxygen atoms in total. The van der Waals surface area contributed by atoms with Crippen LogP contribution in [-0.2, 0) is 20.2 Å². The molecule has 0 aromatic carbocycles. The van der Waals surface area contributed by atoms with Gasteiger partial charge in [-0.3, -0.25) is 0 Å². The van der Waals surface area contributed by atoms with E-state index < -0.39 is 0 Å². The monoisotopic (exact) mass is 264 g/mol. The van der Waals surface area contributed by atoms with E-state index in [0.29, 0.717) is 18.9 Å². The molecular formula is C13H18N3O3+. The Morgan fingerprint density at radius 3 is 2.79 bits per heavy atom. The van der Waals surface area contributed by atoms with Gasteiger partial charge in [-0.25, -0.2) is 4.57 Å². The summed E-state index contributed by atoms with van der Waals surface area (Å²) in [5.41, 5.74) is 8.07. The van der Waals surface area contributed by atoms with Crippen molar-refractivity contribution in [2.24, 2.45) is 12.8 Å². The number of hydrogen-bond acceptors (Lipinski definition) is 5. The highest BCUT2D eigenvalue weighted by Gasteiger charge is 2.15. The summed E-state index contributed by atoms with van der Waals surface area (Å²) in [6.45, 7) is 4.34. The normalized spacial score (nSPS) is 10.7. The number of rotatable bonds is 4. The van der Waals surface area contributed by atoms with Gasteiger partial charge in [0.2, 0.25) is 11.9 Å². The van der Waals surface area contributed by atoms with Crippen LogP contribution in [0.2, 0.25) is 0 Å². The van der Waals surface area contributed by atoms with Gasteiger partial charge in [0.05, 0.1) is 23.9 Å². The summed E-state index contributed by atoms with van der Waals surface area (Å²) in [5.74, 6) is 1.20. The highest BCUT2D eigenvalue weighted by atomic mass is 16.5. The van der Waals surface area contributed by atoms with E-state index in [1.165, 1.54) is 0 Å². The van der Waals surface area contributed by atoms with Crippen molar-refractivity contribution in [3.05, 3.63) is 35.0 Å². The third-order valence-corrected chi connectivity index (χ3v) is 3.08. The van der Waals surface area contributed by atoms with Crippen molar-refractivity contribution in [3.63, 3.8) is 0 Å². The van der Waals surface area contributed by atoms with Crippen molar-refractivity contribution in [3.8, 4) is 11.5 Å². The molecule has 0 spiro atoms. The molecule has 0 aliphatic carbocycles. The molecule has 0 amide bonds. The van der Waals surface area contributed by atoms with E-state index in [0.717, 1.165) is 22.7 Å². The topological polar surface area (TPSA) is 85.4 Å². The van der Waals surface area contributed by atoms with Gasteiger partial charge in [0.15, 0.2) is 11.4 Å². The van der Waals surface area contributed by atoms with Gasteiger partial charge in [0.1, 0.15) is 19.4 Å². The molecule has 0 saturated heterocycles. The third-order valence-electron chi connectivity index (χ3n) is 3.08. The Bertz CT molecular complexity index is 574. The summed E-state index contributed by atoms with van der Waals surface area (Å²) >= 11 is 0. The maximum Gasteiger partial charge on any atom is 0.226 e. The van der Waals surface area contributed by atoms with Gasteiger partial charge < -0.3 is 20.1 Å². The molecule has 2 rings (SSSR count). The summed E-state index contributed by atoms with van der Waals surface area (Å²) in [7, 11) is 1.85. The maximum atomic E-state index is 9.88. The number of aromatic nitrogens is 2. The minimum absolute atomic E-state index is 0.0744. The van der Waals surface area contributed by atoms with Crippen LogP contribution in [-0.4, -0.2) is 10.3 Å². The van der Waals surface area contributed by atoms with Crippen LogP contribution in [0, 0.1) is 13.8 Å². The highest BCUT2D eigenvalue weighted by Crippen LogP contribution is 2.26. The Kier molecular flexibility index (Phi) is 3.71. The van der Waals surface area contributed by atoms with Gasteiger partial charge in [-0.05, 0) is 13.8 Å². The smallest absolute Gasteiger partial charge is 0.226 e. The molecule has 6 heteroatoms. The lowest BCUT2D eigenvalue weighted by Crippen LogP contribution is -2.34. The van der Waals surface area contributed by atoms with Crippen LogP contribution in [0.25, 0.3) is 0 Å². The van der Waals surface area contributed by atoms with E-state index in [1.54, 1.807) is 12.3 Å². The number of nitrogens with zero attached hydrogens (tertiary/aromatic N) is 2. The molecule has 0 radical (unpaired) electrons. The van der Waals surface area contributed by atoms with Crippen molar-refractivity contribution in [2.75, 3.05) is 0 Å². The Hall–Kier alpha value is -2.08. The van der Waals surface area contributed by atoms with Crippen molar-refractivity contribution in [2.45, 2.75) is 27.0 Å². The first-order valence-corrected chi connectivity index (χ1v) is 5.99. The first-order valence-electron chi connectivity index (χ1n) is 5.99. The van der Waals surface area contributed by atoms with E-state index >= 15 is 0 Å². The van der Waals surface area contributed by atoms with Gasteiger partial charge in [-0.1, -0.05) is 5.16 Å². The van der Waals surface area contributed by atoms with E-state index in [4.69, 9.17) is 15.0 Å². The summed E-state index contributed by atoms with van der Waals surface area (Å²) in [4.78, 5) is 0. The third kappa shape index (κ3) is 2.68. The second-order valence-electron chi connectivity index (χ2n) is 4.42. The molecule has 0 aliphatic heterocycles. The molecule has 3 N–H and O–H groups in total. The SMILES string of the molecule is Cc1noc(C)c1COc1c[n+](C)c(CN)cc1O. The lowest BCUT2D eigenvalue weighted by molar-refractivity contribution is -0.679. The van der Waals surface area contributed by atoms with Gasteiger partial charge in [-0.2, -0.15) is 0 Å². The van der Waals surface area contributed by atoms with Crippen LogP contribution in [0.4, 0.5) is 0 Å². The molecule has 102 valence electrons. The van der Waals surface area contributed by atoms with Gasteiger partial charge in [-0.15, -0.1) is 0 Å². The maximum absolute atomic E-state index is 9.88. The lowest BCUT2D eigenvalue weighted by Gasteiger charge is -2.07. The van der Waals surface area contributed by atoms with Crippen LogP contribution in [0.3, 0.4) is 0 Å².